The Morgan fingerprint density at radius 2 is 2.07 bits per heavy atom. The second-order valence-electron chi connectivity index (χ2n) is 7.30. The Kier molecular flexibility index (Phi) is 4.24. The molecule has 9 nitrogen and oxygen atoms in total. The minimum absolute atomic E-state index is 0.224. The van der Waals surface area contributed by atoms with Crippen molar-refractivity contribution in [2.45, 2.75) is 13.2 Å². The molecular formula is C20H19N5O4. The van der Waals surface area contributed by atoms with Crippen molar-refractivity contribution in [1.82, 2.24) is 19.5 Å². The SMILES string of the molecule is CC(=O)OC[C@H]1[C@H]2CO[C@H](n3cnc4c(NC(=O)c5ccccc5)ncnc43)[C@H]21. The van der Waals surface area contributed by atoms with Crippen LogP contribution in [0.5, 0.6) is 0 Å². The van der Waals surface area contributed by atoms with Gasteiger partial charge in [0.1, 0.15) is 12.6 Å². The largest absolute Gasteiger partial charge is 0.466 e. The van der Waals surface area contributed by atoms with Crippen LogP contribution in [0.4, 0.5) is 5.82 Å². The van der Waals surface area contributed by atoms with Gasteiger partial charge in [0.25, 0.3) is 5.91 Å². The molecule has 3 aromatic rings. The van der Waals surface area contributed by atoms with Crippen LogP contribution < -0.4 is 5.32 Å². The number of ether oxygens (including phenoxy) is 2. The number of nitrogens with one attached hydrogen (secondary N) is 1. The molecule has 9 heteroatoms. The standard InChI is InChI=1S/C20H19N5O4/c1-11(26)28-7-13-14-8-29-20(15(13)14)25-10-23-16-17(21-9-22-18(16)25)24-19(27)12-5-3-2-4-6-12/h2-6,9-10,13-15,20H,7-8H2,1H3,(H,21,22,24,27)/t13-,14+,15-,20-/m0/s1. The first kappa shape index (κ1) is 17.7. The van der Waals surface area contributed by atoms with Crippen molar-refractivity contribution >= 4 is 28.9 Å². The molecule has 4 atom stereocenters. The summed E-state index contributed by atoms with van der Waals surface area (Å²) in [5.41, 5.74) is 1.63. The van der Waals surface area contributed by atoms with Crippen LogP contribution in [0.15, 0.2) is 43.0 Å². The van der Waals surface area contributed by atoms with E-state index in [-0.39, 0.29) is 29.9 Å². The highest BCUT2D eigenvalue weighted by atomic mass is 16.5. The smallest absolute Gasteiger partial charge is 0.302 e. The van der Waals surface area contributed by atoms with Gasteiger partial charge in [-0.2, -0.15) is 0 Å². The lowest BCUT2D eigenvalue weighted by molar-refractivity contribution is -0.142. The second kappa shape index (κ2) is 6.93. The normalized spacial score (nSPS) is 24.9. The summed E-state index contributed by atoms with van der Waals surface area (Å²) >= 11 is 0. The van der Waals surface area contributed by atoms with Crippen molar-refractivity contribution < 1.29 is 19.1 Å². The van der Waals surface area contributed by atoms with Gasteiger partial charge in [0.15, 0.2) is 17.0 Å². The molecule has 148 valence electrons. The summed E-state index contributed by atoms with van der Waals surface area (Å²) in [5.74, 6) is 0.728. The Balaban J connectivity index is 1.38. The number of hydrogen-bond acceptors (Lipinski definition) is 7. The lowest BCUT2D eigenvalue weighted by atomic mass is 10.2. The van der Waals surface area contributed by atoms with Gasteiger partial charge in [0.2, 0.25) is 0 Å². The van der Waals surface area contributed by atoms with E-state index < -0.39 is 0 Å². The molecule has 1 N–H and O–H groups in total. The minimum Gasteiger partial charge on any atom is -0.466 e. The Labute approximate surface area is 166 Å². The number of rotatable bonds is 5. The van der Waals surface area contributed by atoms with Gasteiger partial charge in [0.05, 0.1) is 19.5 Å². The van der Waals surface area contributed by atoms with Crippen molar-refractivity contribution in [1.29, 1.82) is 0 Å². The number of carbonyl (C=O) groups excluding carboxylic acids is 2. The fourth-order valence-corrected chi connectivity index (χ4v) is 4.07. The topological polar surface area (TPSA) is 108 Å². The number of carbonyl (C=O) groups is 2. The molecular weight excluding hydrogens is 374 g/mol. The summed E-state index contributed by atoms with van der Waals surface area (Å²) in [6, 6.07) is 8.91. The average Bonchev–Trinajstić information content (AvgIpc) is 3.04. The van der Waals surface area contributed by atoms with Crippen LogP contribution in [0.25, 0.3) is 11.2 Å². The lowest BCUT2D eigenvalue weighted by Gasteiger charge is -2.17. The van der Waals surface area contributed by atoms with Gasteiger partial charge in [0, 0.05) is 24.3 Å². The molecule has 0 radical (unpaired) electrons. The molecule has 1 aliphatic carbocycles. The van der Waals surface area contributed by atoms with Crippen LogP contribution in [0.2, 0.25) is 0 Å². The summed E-state index contributed by atoms with van der Waals surface area (Å²) in [6.45, 7) is 2.44. The van der Waals surface area contributed by atoms with Crippen LogP contribution in [0.1, 0.15) is 23.5 Å². The molecule has 0 bridgehead atoms. The van der Waals surface area contributed by atoms with E-state index in [0.29, 0.717) is 41.7 Å². The Morgan fingerprint density at radius 3 is 2.86 bits per heavy atom. The highest BCUT2D eigenvalue weighted by Crippen LogP contribution is 2.58. The zero-order valence-electron chi connectivity index (χ0n) is 15.7. The van der Waals surface area contributed by atoms with Gasteiger partial charge in [-0.3, -0.25) is 14.2 Å². The summed E-state index contributed by atoms with van der Waals surface area (Å²) in [7, 11) is 0. The highest BCUT2D eigenvalue weighted by Gasteiger charge is 2.60. The van der Waals surface area contributed by atoms with Crippen molar-refractivity contribution in [3.05, 3.63) is 48.5 Å². The maximum absolute atomic E-state index is 12.5. The van der Waals surface area contributed by atoms with Crippen molar-refractivity contribution in [3.8, 4) is 0 Å². The third-order valence-corrected chi connectivity index (χ3v) is 5.57. The fourth-order valence-electron chi connectivity index (χ4n) is 4.07. The van der Waals surface area contributed by atoms with E-state index in [9.17, 15) is 9.59 Å². The van der Waals surface area contributed by atoms with Crippen LogP contribution in [-0.2, 0) is 14.3 Å². The molecule has 1 saturated carbocycles. The summed E-state index contributed by atoms with van der Waals surface area (Å²) in [5, 5.41) is 2.80. The zero-order chi connectivity index (χ0) is 20.0. The van der Waals surface area contributed by atoms with Crippen molar-refractivity contribution in [2.75, 3.05) is 18.5 Å². The third-order valence-electron chi connectivity index (χ3n) is 5.57. The zero-order valence-corrected chi connectivity index (χ0v) is 15.7. The molecule has 5 rings (SSSR count). The van der Waals surface area contributed by atoms with Gasteiger partial charge in [-0.15, -0.1) is 0 Å². The number of anilines is 1. The second-order valence-corrected chi connectivity index (χ2v) is 7.30. The molecule has 29 heavy (non-hydrogen) atoms. The first-order chi connectivity index (χ1) is 14.1. The molecule has 1 aromatic carbocycles. The number of hydrogen-bond donors (Lipinski definition) is 1. The Bertz CT molecular complexity index is 1080. The van der Waals surface area contributed by atoms with E-state index >= 15 is 0 Å². The van der Waals surface area contributed by atoms with E-state index in [4.69, 9.17) is 9.47 Å². The molecule has 1 amide bonds. The van der Waals surface area contributed by atoms with E-state index in [1.54, 1.807) is 30.6 Å². The number of nitrogens with zero attached hydrogens (tertiary/aromatic N) is 4. The monoisotopic (exact) mass is 393 g/mol. The summed E-state index contributed by atoms with van der Waals surface area (Å²) in [4.78, 5) is 36.5. The average molecular weight is 393 g/mol. The van der Waals surface area contributed by atoms with Crippen LogP contribution >= 0.6 is 0 Å². The number of benzene rings is 1. The Hall–Kier alpha value is -3.33. The Morgan fingerprint density at radius 1 is 1.24 bits per heavy atom. The fraction of sp³-hybridized carbons (Fsp3) is 0.350. The minimum atomic E-state index is -0.271. The maximum atomic E-state index is 12.5. The van der Waals surface area contributed by atoms with Crippen LogP contribution in [0.3, 0.4) is 0 Å². The molecule has 2 aliphatic rings. The quantitative estimate of drug-likeness (QED) is 0.661. The number of fused-ring (bicyclic) bond motifs is 2. The van der Waals surface area contributed by atoms with Gasteiger partial charge < -0.3 is 14.8 Å². The summed E-state index contributed by atoms with van der Waals surface area (Å²) < 4.78 is 13.0. The number of aromatic nitrogens is 4. The van der Waals surface area contributed by atoms with E-state index in [0.717, 1.165) is 0 Å². The van der Waals surface area contributed by atoms with Crippen LogP contribution in [0, 0.1) is 17.8 Å². The molecule has 2 fully saturated rings. The van der Waals surface area contributed by atoms with Crippen molar-refractivity contribution in [2.24, 2.45) is 17.8 Å². The predicted molar refractivity (Wildman–Crippen MR) is 102 cm³/mol. The molecule has 0 spiro atoms. The van der Waals surface area contributed by atoms with E-state index in [1.165, 1.54) is 13.3 Å². The number of amides is 1. The molecule has 2 aromatic heterocycles. The molecule has 1 saturated heterocycles. The lowest BCUT2D eigenvalue weighted by Crippen LogP contribution is -2.16. The van der Waals surface area contributed by atoms with Crippen LogP contribution in [-0.4, -0.2) is 44.6 Å². The van der Waals surface area contributed by atoms with E-state index in [2.05, 4.69) is 20.3 Å². The highest BCUT2D eigenvalue weighted by molar-refractivity contribution is 6.06. The van der Waals surface area contributed by atoms with Gasteiger partial charge in [-0.1, -0.05) is 18.2 Å². The van der Waals surface area contributed by atoms with Crippen molar-refractivity contribution in [3.63, 3.8) is 0 Å². The maximum Gasteiger partial charge on any atom is 0.302 e. The van der Waals surface area contributed by atoms with E-state index in [1.807, 2.05) is 10.6 Å². The predicted octanol–water partition coefficient (Wildman–Crippen LogP) is 2.03. The summed E-state index contributed by atoms with van der Waals surface area (Å²) in [6.07, 6.45) is 2.83. The number of esters is 1. The number of imidazole rings is 1. The molecule has 1 aliphatic heterocycles. The first-order valence-electron chi connectivity index (χ1n) is 9.42. The first-order valence-corrected chi connectivity index (χ1v) is 9.42. The van der Waals surface area contributed by atoms with Gasteiger partial charge in [-0.05, 0) is 18.1 Å². The molecule has 3 heterocycles. The third kappa shape index (κ3) is 3.13. The van der Waals surface area contributed by atoms with Gasteiger partial charge in [-0.25, -0.2) is 15.0 Å². The van der Waals surface area contributed by atoms with Gasteiger partial charge >= 0.3 is 5.97 Å². The molecule has 0 unspecified atom stereocenters.